The minimum absolute atomic E-state index is 0.0439. The molecule has 0 aliphatic rings. The molecule has 0 fully saturated rings. The fraction of sp³-hybridized carbons (Fsp3) is 0.214. The highest BCUT2D eigenvalue weighted by molar-refractivity contribution is 7.89. The molecule has 25 heavy (non-hydrogen) atoms. The van der Waals surface area contributed by atoms with Gasteiger partial charge in [0.15, 0.2) is 0 Å². The van der Waals surface area contributed by atoms with Crippen LogP contribution in [-0.4, -0.2) is 36.0 Å². The average molecular weight is 386 g/mol. The molecule has 0 spiro atoms. The van der Waals surface area contributed by atoms with Gasteiger partial charge < -0.3 is 16.2 Å². The predicted molar refractivity (Wildman–Crippen MR) is 94.9 cm³/mol. The van der Waals surface area contributed by atoms with Gasteiger partial charge in [0.25, 0.3) is 0 Å². The number of benzene rings is 1. The zero-order valence-electron chi connectivity index (χ0n) is 13.3. The normalized spacial score (nSPS) is 13.0. The summed E-state index contributed by atoms with van der Waals surface area (Å²) in [4.78, 5) is 15.0. The summed E-state index contributed by atoms with van der Waals surface area (Å²) >= 11 is 5.27. The Morgan fingerprint density at radius 2 is 2.04 bits per heavy atom. The van der Waals surface area contributed by atoms with Crippen molar-refractivity contribution in [2.45, 2.75) is 24.3 Å². The first-order valence-corrected chi connectivity index (χ1v) is 8.75. The van der Waals surface area contributed by atoms with Crippen LogP contribution in [0.4, 0.5) is 5.69 Å². The smallest absolute Gasteiger partial charge is 0.324 e. The van der Waals surface area contributed by atoms with Crippen molar-refractivity contribution in [2.75, 3.05) is 5.32 Å². The number of carbonyl (C=O) groups is 1. The maximum absolute atomic E-state index is 12.4. The van der Waals surface area contributed by atoms with Gasteiger partial charge in [0.05, 0.1) is 16.8 Å². The second kappa shape index (κ2) is 6.82. The molecule has 0 saturated carbocycles. The number of carboxylic acids is 1. The number of aliphatic carboxylic acids is 1. The molecule has 0 aliphatic heterocycles. The van der Waals surface area contributed by atoms with Gasteiger partial charge in [-0.25, -0.2) is 8.42 Å². The fourth-order valence-electron chi connectivity index (χ4n) is 2.02. The molecule has 134 valence electrons. The number of carboxylic acid groups (broad SMARTS) is 1. The molecular formula is C14H16ClN5O4S. The molecule has 0 saturated heterocycles. The first kappa shape index (κ1) is 18.9. The van der Waals surface area contributed by atoms with E-state index in [0.29, 0.717) is 16.5 Å². The summed E-state index contributed by atoms with van der Waals surface area (Å²) in [5, 5.41) is 13.0. The van der Waals surface area contributed by atoms with Crippen LogP contribution in [0.5, 0.6) is 0 Å². The Morgan fingerprint density at radius 1 is 1.36 bits per heavy atom. The van der Waals surface area contributed by atoms with Gasteiger partial charge >= 0.3 is 5.97 Å². The molecule has 5 N–H and O–H groups in total. The number of aromatic nitrogens is 1. The lowest BCUT2D eigenvalue weighted by Crippen LogP contribution is -2.49. The third-order valence-corrected chi connectivity index (χ3v) is 5.15. The van der Waals surface area contributed by atoms with Crippen molar-refractivity contribution < 1.29 is 18.3 Å². The van der Waals surface area contributed by atoms with E-state index in [9.17, 15) is 13.2 Å². The van der Waals surface area contributed by atoms with Crippen LogP contribution >= 0.6 is 11.8 Å². The van der Waals surface area contributed by atoms with Crippen LogP contribution in [0.25, 0.3) is 10.8 Å². The third kappa shape index (κ3) is 4.16. The van der Waals surface area contributed by atoms with Crippen LogP contribution in [0, 0.1) is 0 Å². The van der Waals surface area contributed by atoms with Crippen molar-refractivity contribution in [3.8, 4) is 0 Å². The van der Waals surface area contributed by atoms with Gasteiger partial charge in [0.2, 0.25) is 16.0 Å². The molecule has 2 rings (SSSR count). The van der Waals surface area contributed by atoms with Gasteiger partial charge in [-0.1, -0.05) is 6.07 Å². The van der Waals surface area contributed by atoms with E-state index in [1.54, 1.807) is 6.07 Å². The number of halogens is 1. The summed E-state index contributed by atoms with van der Waals surface area (Å²) in [5.74, 6) is -1.33. The number of nitrogens with one attached hydrogen (secondary N) is 2. The average Bonchev–Trinajstić information content (AvgIpc) is 2.53. The highest BCUT2D eigenvalue weighted by Crippen LogP contribution is 2.25. The van der Waals surface area contributed by atoms with Crippen LogP contribution in [0.1, 0.15) is 13.8 Å². The van der Waals surface area contributed by atoms with Crippen molar-refractivity contribution in [2.24, 2.45) is 10.2 Å². The number of sulfonamides is 1. The van der Waals surface area contributed by atoms with Crippen molar-refractivity contribution >= 4 is 50.2 Å². The van der Waals surface area contributed by atoms with E-state index in [1.165, 1.54) is 38.4 Å². The Bertz CT molecular complexity index is 959. The summed E-state index contributed by atoms with van der Waals surface area (Å²) in [6, 6.07) is 4.27. The van der Waals surface area contributed by atoms with Crippen LogP contribution < -0.4 is 15.8 Å². The largest absolute Gasteiger partial charge is 0.480 e. The van der Waals surface area contributed by atoms with Gasteiger partial charge in [-0.3, -0.25) is 9.78 Å². The molecule has 0 bridgehead atoms. The lowest BCUT2D eigenvalue weighted by molar-refractivity contribution is -0.142. The van der Waals surface area contributed by atoms with Crippen molar-refractivity contribution in [3.63, 3.8) is 0 Å². The Kier molecular flexibility index (Phi) is 5.16. The Morgan fingerprint density at radius 3 is 2.64 bits per heavy atom. The number of nitrogens with zero attached hydrogens (tertiary/aromatic N) is 2. The molecule has 1 aromatic heterocycles. The number of hydrogen-bond donors (Lipinski definition) is 4. The monoisotopic (exact) mass is 385 g/mol. The van der Waals surface area contributed by atoms with Crippen LogP contribution in [0.2, 0.25) is 0 Å². The van der Waals surface area contributed by atoms with E-state index in [0.717, 1.165) is 0 Å². The quantitative estimate of drug-likeness (QED) is 0.447. The van der Waals surface area contributed by atoms with E-state index >= 15 is 0 Å². The van der Waals surface area contributed by atoms with Crippen LogP contribution in [0.3, 0.4) is 0 Å². The van der Waals surface area contributed by atoms with E-state index in [4.69, 9.17) is 22.6 Å². The topological polar surface area (TPSA) is 147 Å². The van der Waals surface area contributed by atoms with E-state index in [1.807, 2.05) is 0 Å². The molecule has 11 heteroatoms. The molecule has 1 aromatic carbocycles. The summed E-state index contributed by atoms with van der Waals surface area (Å²) in [5.41, 5.74) is 4.35. The van der Waals surface area contributed by atoms with E-state index in [2.05, 4.69) is 19.5 Å². The molecule has 2 aromatic rings. The lowest BCUT2D eigenvalue weighted by atomic mass is 10.1. The summed E-state index contributed by atoms with van der Waals surface area (Å²) < 4.78 is 30.3. The first-order chi connectivity index (χ1) is 11.6. The number of anilines is 1. The lowest BCUT2D eigenvalue weighted by Gasteiger charge is -2.21. The maximum Gasteiger partial charge on any atom is 0.324 e. The van der Waals surface area contributed by atoms with Crippen molar-refractivity contribution in [1.29, 1.82) is 0 Å². The molecule has 0 atom stereocenters. The first-order valence-electron chi connectivity index (χ1n) is 6.93. The zero-order chi connectivity index (χ0) is 18.8. The molecular weight excluding hydrogens is 370 g/mol. The Labute approximate surface area is 149 Å². The standard InChI is InChI=1S/C14H16ClN5O4S/c1-14(2,12(21)22)20-25(23,24)9-3-4-10-8(5-9)6-17-7-11(10)18-13(16)19-15/h3-7,20H,1-2H3,(H,21,22)(H3,16,18,19). The van der Waals surface area contributed by atoms with Crippen molar-refractivity contribution in [1.82, 2.24) is 9.71 Å². The SMILES string of the molecule is CC(C)(NS(=O)(=O)c1ccc2c(NC(N)=NCl)cncc2c1)C(=O)O. The Balaban J connectivity index is 2.47. The molecule has 0 radical (unpaired) electrons. The van der Waals surface area contributed by atoms with Gasteiger partial charge in [-0.05, 0) is 26.0 Å². The molecule has 0 unspecified atom stereocenters. The molecule has 0 amide bonds. The predicted octanol–water partition coefficient (Wildman–Crippen LogP) is 1.26. The number of fused-ring (bicyclic) bond motifs is 1. The van der Waals surface area contributed by atoms with Gasteiger partial charge in [0, 0.05) is 28.7 Å². The number of pyridine rings is 1. The van der Waals surface area contributed by atoms with Gasteiger partial charge in [-0.15, -0.1) is 4.51 Å². The molecule has 0 aliphatic carbocycles. The summed E-state index contributed by atoms with van der Waals surface area (Å²) in [7, 11) is -4.04. The van der Waals surface area contributed by atoms with Crippen molar-refractivity contribution in [3.05, 3.63) is 30.6 Å². The second-order valence-corrected chi connectivity index (χ2v) is 7.55. The highest BCUT2D eigenvalue weighted by atomic mass is 35.5. The number of guanidine groups is 1. The highest BCUT2D eigenvalue weighted by Gasteiger charge is 2.33. The molecule has 9 nitrogen and oxygen atoms in total. The zero-order valence-corrected chi connectivity index (χ0v) is 14.9. The van der Waals surface area contributed by atoms with Crippen LogP contribution in [0.15, 0.2) is 40.0 Å². The number of rotatable bonds is 5. The van der Waals surface area contributed by atoms with E-state index < -0.39 is 21.5 Å². The third-order valence-electron chi connectivity index (χ3n) is 3.32. The van der Waals surface area contributed by atoms with E-state index in [-0.39, 0.29) is 10.9 Å². The summed E-state index contributed by atoms with van der Waals surface area (Å²) in [6.07, 6.45) is 2.95. The fourth-order valence-corrected chi connectivity index (χ4v) is 3.47. The molecule has 1 heterocycles. The Hall–Kier alpha value is -2.43. The maximum atomic E-state index is 12.4. The summed E-state index contributed by atoms with van der Waals surface area (Å²) in [6.45, 7) is 2.51. The van der Waals surface area contributed by atoms with Crippen LogP contribution in [-0.2, 0) is 14.8 Å². The minimum Gasteiger partial charge on any atom is -0.480 e. The number of nitrogens with two attached hydrogens (primary N) is 1. The number of hydrogen-bond acceptors (Lipinski definition) is 5. The van der Waals surface area contributed by atoms with Gasteiger partial charge in [0.1, 0.15) is 5.54 Å². The minimum atomic E-state index is -4.04. The van der Waals surface area contributed by atoms with Gasteiger partial charge in [-0.2, -0.15) is 4.72 Å². The second-order valence-electron chi connectivity index (χ2n) is 5.70.